The molecule has 2 heterocycles. The summed E-state index contributed by atoms with van der Waals surface area (Å²) in [5.41, 5.74) is 1.65. The van der Waals surface area contributed by atoms with Crippen LogP contribution in [0.3, 0.4) is 0 Å². The number of hydrogen-bond donors (Lipinski definition) is 1. The van der Waals surface area contributed by atoms with E-state index >= 15 is 0 Å². The summed E-state index contributed by atoms with van der Waals surface area (Å²) in [4.78, 5) is 0. The van der Waals surface area contributed by atoms with Crippen LogP contribution in [-0.2, 0) is 11.8 Å². The van der Waals surface area contributed by atoms with Crippen LogP contribution < -0.4 is 4.74 Å². The fraction of sp³-hybridized carbons (Fsp3) is 0.786. The molecule has 0 aliphatic carbocycles. The lowest BCUT2D eigenvalue weighted by Gasteiger charge is -2.14. The Labute approximate surface area is 114 Å². The Bertz CT molecular complexity index is 411. The number of aliphatic hydroxyl groups is 1. The lowest BCUT2D eigenvalue weighted by Crippen LogP contribution is -2.07. The minimum atomic E-state index is -0.509. The van der Waals surface area contributed by atoms with Crippen LogP contribution in [0, 0.1) is 6.92 Å². The number of methoxy groups -OCH3 is 1. The van der Waals surface area contributed by atoms with Gasteiger partial charge in [0.1, 0.15) is 0 Å². The Balaban J connectivity index is 1.90. The molecule has 1 aromatic heterocycles. The summed E-state index contributed by atoms with van der Waals surface area (Å²) in [6.45, 7) is 2.80. The number of aliphatic hydroxyl groups excluding tert-OH is 1. The van der Waals surface area contributed by atoms with Gasteiger partial charge in [0.15, 0.2) is 0 Å². The Morgan fingerprint density at radius 3 is 3.00 bits per heavy atom. The molecule has 1 aliphatic rings. The second kappa shape index (κ2) is 6.39. The Morgan fingerprint density at radius 2 is 2.37 bits per heavy atom. The highest BCUT2D eigenvalue weighted by Gasteiger charge is 2.22. The van der Waals surface area contributed by atoms with E-state index in [1.807, 2.05) is 14.0 Å². The zero-order valence-electron chi connectivity index (χ0n) is 12.1. The van der Waals surface area contributed by atoms with E-state index in [9.17, 15) is 5.11 Å². The van der Waals surface area contributed by atoms with Crippen LogP contribution >= 0.6 is 0 Å². The van der Waals surface area contributed by atoms with E-state index in [0.29, 0.717) is 12.0 Å². The third kappa shape index (κ3) is 3.28. The van der Waals surface area contributed by atoms with Crippen molar-refractivity contribution in [1.82, 2.24) is 9.78 Å². The maximum Gasteiger partial charge on any atom is 0.217 e. The molecule has 2 unspecified atom stereocenters. The first kappa shape index (κ1) is 14.3. The molecule has 0 amide bonds. The smallest absolute Gasteiger partial charge is 0.217 e. The van der Waals surface area contributed by atoms with Crippen molar-refractivity contribution in [2.24, 2.45) is 7.05 Å². The quantitative estimate of drug-likeness (QED) is 0.858. The van der Waals surface area contributed by atoms with Crippen LogP contribution in [0.1, 0.15) is 49.5 Å². The predicted molar refractivity (Wildman–Crippen MR) is 72.3 cm³/mol. The molecule has 0 spiro atoms. The molecule has 5 nitrogen and oxygen atoms in total. The van der Waals surface area contributed by atoms with Gasteiger partial charge in [-0.1, -0.05) is 0 Å². The van der Waals surface area contributed by atoms with Gasteiger partial charge in [-0.25, -0.2) is 4.68 Å². The molecule has 2 atom stereocenters. The zero-order chi connectivity index (χ0) is 13.8. The fourth-order valence-corrected chi connectivity index (χ4v) is 2.83. The van der Waals surface area contributed by atoms with Crippen LogP contribution in [0.2, 0.25) is 0 Å². The van der Waals surface area contributed by atoms with Crippen LogP contribution in [0.4, 0.5) is 0 Å². The molecule has 5 heteroatoms. The molecule has 1 aromatic rings. The normalized spacial score (nSPS) is 20.7. The van der Waals surface area contributed by atoms with Crippen LogP contribution in [0.15, 0.2) is 0 Å². The van der Waals surface area contributed by atoms with Gasteiger partial charge >= 0.3 is 0 Å². The summed E-state index contributed by atoms with van der Waals surface area (Å²) in [6, 6.07) is 0. The van der Waals surface area contributed by atoms with E-state index < -0.39 is 6.10 Å². The molecule has 0 bridgehead atoms. The van der Waals surface area contributed by atoms with Crippen molar-refractivity contribution in [3.05, 3.63) is 11.3 Å². The first-order valence-electron chi connectivity index (χ1n) is 7.00. The molecule has 0 radical (unpaired) electrons. The molecule has 1 saturated heterocycles. The van der Waals surface area contributed by atoms with Gasteiger partial charge in [0.25, 0.3) is 0 Å². The molecule has 108 valence electrons. The average Bonchev–Trinajstić information content (AvgIpc) is 2.96. The standard InChI is InChI=1S/C14H24N2O3/c1-10-13(14(18-3)16(2)15-10)12(17)8-4-6-11-7-5-9-19-11/h11-12,17H,4-9H2,1-3H3. The number of aromatic nitrogens is 2. The second-order valence-corrected chi connectivity index (χ2v) is 5.21. The fourth-order valence-electron chi connectivity index (χ4n) is 2.83. The number of nitrogens with zero attached hydrogens (tertiary/aromatic N) is 2. The highest BCUT2D eigenvalue weighted by molar-refractivity contribution is 5.33. The van der Waals surface area contributed by atoms with Crippen molar-refractivity contribution in [2.75, 3.05) is 13.7 Å². The monoisotopic (exact) mass is 268 g/mol. The van der Waals surface area contributed by atoms with E-state index in [2.05, 4.69) is 5.10 Å². The summed E-state index contributed by atoms with van der Waals surface area (Å²) in [5.74, 6) is 0.655. The molecule has 0 saturated carbocycles. The van der Waals surface area contributed by atoms with Crippen molar-refractivity contribution < 1.29 is 14.6 Å². The van der Waals surface area contributed by atoms with Gasteiger partial charge < -0.3 is 14.6 Å². The Hall–Kier alpha value is -1.07. The lowest BCUT2D eigenvalue weighted by atomic mass is 10.0. The summed E-state index contributed by atoms with van der Waals surface area (Å²) in [6.07, 6.45) is 4.92. The maximum absolute atomic E-state index is 10.3. The zero-order valence-corrected chi connectivity index (χ0v) is 12.1. The van der Waals surface area contributed by atoms with Crippen molar-refractivity contribution in [1.29, 1.82) is 0 Å². The van der Waals surface area contributed by atoms with E-state index in [1.165, 1.54) is 6.42 Å². The van der Waals surface area contributed by atoms with Crippen LogP contribution in [-0.4, -0.2) is 34.7 Å². The van der Waals surface area contributed by atoms with Gasteiger partial charge in [0, 0.05) is 13.7 Å². The third-order valence-corrected chi connectivity index (χ3v) is 3.77. The first-order chi connectivity index (χ1) is 9.13. The van der Waals surface area contributed by atoms with E-state index in [0.717, 1.165) is 43.5 Å². The predicted octanol–water partition coefficient (Wildman–Crippen LogP) is 2.12. The number of hydrogen-bond acceptors (Lipinski definition) is 4. The maximum atomic E-state index is 10.3. The Morgan fingerprint density at radius 1 is 1.58 bits per heavy atom. The van der Waals surface area contributed by atoms with Crippen molar-refractivity contribution >= 4 is 0 Å². The van der Waals surface area contributed by atoms with Crippen molar-refractivity contribution in [3.8, 4) is 5.88 Å². The minimum Gasteiger partial charge on any atom is -0.481 e. The summed E-state index contributed by atoms with van der Waals surface area (Å²) >= 11 is 0. The number of ether oxygens (including phenoxy) is 2. The van der Waals surface area contributed by atoms with Gasteiger partial charge in [-0.2, -0.15) is 5.10 Å². The SMILES string of the molecule is COc1c(C(O)CCCC2CCCO2)c(C)nn1C. The van der Waals surface area contributed by atoms with Gasteiger partial charge in [-0.3, -0.25) is 0 Å². The molecular weight excluding hydrogens is 244 g/mol. The number of rotatable bonds is 6. The van der Waals surface area contributed by atoms with Gasteiger partial charge in [-0.15, -0.1) is 0 Å². The van der Waals surface area contributed by atoms with E-state index in [1.54, 1.807) is 11.8 Å². The Kier molecular flexibility index (Phi) is 4.82. The topological polar surface area (TPSA) is 56.5 Å². The minimum absolute atomic E-state index is 0.393. The van der Waals surface area contributed by atoms with Gasteiger partial charge in [0.2, 0.25) is 5.88 Å². The molecule has 2 rings (SSSR count). The highest BCUT2D eigenvalue weighted by atomic mass is 16.5. The summed E-state index contributed by atoms with van der Waals surface area (Å²) in [7, 11) is 3.44. The first-order valence-corrected chi connectivity index (χ1v) is 7.00. The average molecular weight is 268 g/mol. The lowest BCUT2D eigenvalue weighted by molar-refractivity contribution is 0.0940. The molecule has 1 N–H and O–H groups in total. The second-order valence-electron chi connectivity index (χ2n) is 5.21. The van der Waals surface area contributed by atoms with Crippen LogP contribution in [0.25, 0.3) is 0 Å². The van der Waals surface area contributed by atoms with Gasteiger partial charge in [-0.05, 0) is 39.0 Å². The van der Waals surface area contributed by atoms with E-state index in [4.69, 9.17) is 9.47 Å². The van der Waals surface area contributed by atoms with Crippen molar-refractivity contribution in [2.45, 2.75) is 51.2 Å². The van der Waals surface area contributed by atoms with Gasteiger partial charge in [0.05, 0.1) is 30.6 Å². The molecule has 1 aliphatic heterocycles. The third-order valence-electron chi connectivity index (χ3n) is 3.77. The molecule has 19 heavy (non-hydrogen) atoms. The molecular formula is C14H24N2O3. The summed E-state index contributed by atoms with van der Waals surface area (Å²) in [5, 5.41) is 14.6. The summed E-state index contributed by atoms with van der Waals surface area (Å²) < 4.78 is 12.6. The highest BCUT2D eigenvalue weighted by Crippen LogP contribution is 2.31. The molecule has 0 aromatic carbocycles. The van der Waals surface area contributed by atoms with E-state index in [-0.39, 0.29) is 0 Å². The number of aryl methyl sites for hydroxylation is 2. The van der Waals surface area contributed by atoms with Crippen molar-refractivity contribution in [3.63, 3.8) is 0 Å². The molecule has 1 fully saturated rings. The largest absolute Gasteiger partial charge is 0.481 e. The van der Waals surface area contributed by atoms with Crippen LogP contribution in [0.5, 0.6) is 5.88 Å².